The second-order valence-electron chi connectivity index (χ2n) is 7.12. The van der Waals surface area contributed by atoms with Crippen molar-refractivity contribution in [3.05, 3.63) is 36.4 Å². The molecule has 1 aromatic carbocycles. The molecule has 2 saturated carbocycles. The molecule has 4 nitrogen and oxygen atoms in total. The molecule has 4 rings (SSSR count). The molecule has 3 aliphatic rings. The van der Waals surface area contributed by atoms with Crippen LogP contribution in [0.5, 0.6) is 0 Å². The van der Waals surface area contributed by atoms with Gasteiger partial charge in [0.1, 0.15) is 0 Å². The molecule has 1 spiro atoms. The molecule has 3 aliphatic carbocycles. The van der Waals surface area contributed by atoms with E-state index in [2.05, 4.69) is 5.32 Å². The topological polar surface area (TPSA) is 66.4 Å². The van der Waals surface area contributed by atoms with Gasteiger partial charge in [0, 0.05) is 10.6 Å². The van der Waals surface area contributed by atoms with Crippen molar-refractivity contribution in [3.8, 4) is 0 Å². The number of hydrogen-bond acceptors (Lipinski definition) is 3. The Kier molecular flexibility index (Phi) is 3.87. The summed E-state index contributed by atoms with van der Waals surface area (Å²) in [6, 6.07) is 5.37. The number of rotatable bonds is 4. The van der Waals surface area contributed by atoms with Gasteiger partial charge in [-0.1, -0.05) is 12.2 Å². The number of thioether (sulfide) groups is 1. The van der Waals surface area contributed by atoms with Crippen molar-refractivity contribution < 1.29 is 27.9 Å². The zero-order valence-electron chi connectivity index (χ0n) is 13.5. The van der Waals surface area contributed by atoms with Gasteiger partial charge in [-0.15, -0.1) is 0 Å². The number of carbonyl (C=O) groups excluding carboxylic acids is 1. The molecule has 0 saturated heterocycles. The van der Waals surface area contributed by atoms with Crippen LogP contribution in [0.2, 0.25) is 0 Å². The molecule has 2 bridgehead atoms. The fourth-order valence-corrected chi connectivity index (χ4v) is 5.20. The van der Waals surface area contributed by atoms with Gasteiger partial charge in [0.15, 0.2) is 0 Å². The normalized spacial score (nSPS) is 30.6. The molecule has 4 atom stereocenters. The summed E-state index contributed by atoms with van der Waals surface area (Å²) in [6.07, 6.45) is 5.77. The van der Waals surface area contributed by atoms with Crippen molar-refractivity contribution in [1.82, 2.24) is 0 Å². The summed E-state index contributed by atoms with van der Waals surface area (Å²) in [5.74, 6) is -2.91. The maximum atomic E-state index is 12.8. The lowest BCUT2D eigenvalue weighted by Gasteiger charge is -2.23. The smallest absolute Gasteiger partial charge is 0.446 e. The first kappa shape index (κ1) is 17.5. The number of halogens is 3. The van der Waals surface area contributed by atoms with Crippen LogP contribution in [-0.4, -0.2) is 22.5 Å². The summed E-state index contributed by atoms with van der Waals surface area (Å²) in [6.45, 7) is 0. The minimum absolute atomic E-state index is 0.0266. The average Bonchev–Trinajstić information content (AvgIpc) is 3.21. The van der Waals surface area contributed by atoms with E-state index in [0.717, 1.165) is 12.8 Å². The third-order valence-electron chi connectivity index (χ3n) is 5.78. The zero-order chi connectivity index (χ0) is 18.7. The van der Waals surface area contributed by atoms with E-state index in [-0.39, 0.29) is 39.8 Å². The SMILES string of the molecule is O=C(O)[C@@H]1[C@H](C(=O)Nc2ccc(SC(F)(F)F)cc2)[C@@H]2C=C[C@H]1C21CC1. The summed E-state index contributed by atoms with van der Waals surface area (Å²) in [4.78, 5) is 24.5. The van der Waals surface area contributed by atoms with E-state index in [1.807, 2.05) is 12.2 Å². The van der Waals surface area contributed by atoms with E-state index < -0.39 is 23.3 Å². The first-order valence-corrected chi connectivity index (χ1v) is 9.11. The minimum atomic E-state index is -4.37. The number of allylic oxidation sites excluding steroid dienone is 2. The molecule has 1 amide bonds. The summed E-state index contributed by atoms with van der Waals surface area (Å²) >= 11 is -0.224. The Balaban J connectivity index is 1.50. The summed E-state index contributed by atoms with van der Waals surface area (Å²) < 4.78 is 37.1. The molecule has 8 heteroatoms. The van der Waals surface area contributed by atoms with Crippen LogP contribution >= 0.6 is 11.8 Å². The minimum Gasteiger partial charge on any atom is -0.481 e. The average molecular weight is 383 g/mol. The monoisotopic (exact) mass is 383 g/mol. The standard InChI is InChI=1S/C18H16F3NO3S/c19-18(20,21)26-10-3-1-9(2-4-10)22-15(23)13-11-5-6-12(14(13)16(24)25)17(11)7-8-17/h1-6,11-14H,7-8H2,(H,22,23)(H,24,25)/t11-,12+,13+,14-/m0/s1. The zero-order valence-corrected chi connectivity index (χ0v) is 14.3. The van der Waals surface area contributed by atoms with Crippen LogP contribution in [0.4, 0.5) is 18.9 Å². The van der Waals surface area contributed by atoms with Gasteiger partial charge in [0.2, 0.25) is 5.91 Å². The van der Waals surface area contributed by atoms with Crippen LogP contribution in [0, 0.1) is 29.1 Å². The lowest BCUT2D eigenvalue weighted by Crippen LogP contribution is -2.36. The molecule has 0 unspecified atom stereocenters. The third-order valence-corrected chi connectivity index (χ3v) is 6.52. The highest BCUT2D eigenvalue weighted by Gasteiger charge is 2.70. The Labute approximate surface area is 151 Å². The van der Waals surface area contributed by atoms with Crippen LogP contribution in [0.3, 0.4) is 0 Å². The van der Waals surface area contributed by atoms with Gasteiger partial charge in [-0.05, 0) is 66.1 Å². The van der Waals surface area contributed by atoms with Crippen LogP contribution in [0.1, 0.15) is 12.8 Å². The van der Waals surface area contributed by atoms with Gasteiger partial charge >= 0.3 is 11.5 Å². The Bertz CT molecular complexity index is 786. The first-order chi connectivity index (χ1) is 12.2. The second-order valence-corrected chi connectivity index (χ2v) is 8.26. The van der Waals surface area contributed by atoms with E-state index in [1.54, 1.807) is 0 Å². The maximum absolute atomic E-state index is 12.8. The van der Waals surface area contributed by atoms with Crippen molar-refractivity contribution in [2.45, 2.75) is 23.2 Å². The summed E-state index contributed by atoms with van der Waals surface area (Å²) in [5, 5.41) is 12.3. The molecule has 0 aromatic heterocycles. The van der Waals surface area contributed by atoms with E-state index >= 15 is 0 Å². The first-order valence-electron chi connectivity index (χ1n) is 8.29. The van der Waals surface area contributed by atoms with Crippen LogP contribution in [0.25, 0.3) is 0 Å². The van der Waals surface area contributed by atoms with Gasteiger partial charge in [0.05, 0.1) is 11.8 Å². The van der Waals surface area contributed by atoms with Crippen LogP contribution in [-0.2, 0) is 9.59 Å². The highest BCUT2D eigenvalue weighted by Crippen LogP contribution is 2.72. The number of carboxylic acids is 1. The van der Waals surface area contributed by atoms with Crippen LogP contribution < -0.4 is 5.32 Å². The van der Waals surface area contributed by atoms with Crippen molar-refractivity contribution in [3.63, 3.8) is 0 Å². The number of carbonyl (C=O) groups is 2. The predicted octanol–water partition coefficient (Wildman–Crippen LogP) is 4.15. The fourth-order valence-electron chi connectivity index (χ4n) is 4.66. The molecule has 0 radical (unpaired) electrons. The van der Waals surface area contributed by atoms with Gasteiger partial charge in [-0.3, -0.25) is 9.59 Å². The largest absolute Gasteiger partial charge is 0.481 e. The molecule has 138 valence electrons. The van der Waals surface area contributed by atoms with Gasteiger partial charge in [-0.25, -0.2) is 0 Å². The number of carboxylic acid groups (broad SMARTS) is 1. The van der Waals surface area contributed by atoms with Gasteiger partial charge in [-0.2, -0.15) is 13.2 Å². The number of amides is 1. The third kappa shape index (κ3) is 2.80. The lowest BCUT2D eigenvalue weighted by atomic mass is 9.82. The van der Waals surface area contributed by atoms with E-state index in [0.29, 0.717) is 5.69 Å². The second kappa shape index (κ2) is 5.77. The number of anilines is 1. The summed E-state index contributed by atoms with van der Waals surface area (Å²) in [5.41, 5.74) is -4.08. The van der Waals surface area contributed by atoms with Crippen molar-refractivity contribution >= 4 is 29.3 Å². The fraction of sp³-hybridized carbons (Fsp3) is 0.444. The Hall–Kier alpha value is -1.96. The summed E-state index contributed by atoms with van der Waals surface area (Å²) in [7, 11) is 0. The number of benzene rings is 1. The number of hydrogen-bond donors (Lipinski definition) is 2. The highest BCUT2D eigenvalue weighted by atomic mass is 32.2. The number of aliphatic carboxylic acids is 1. The molecule has 0 aliphatic heterocycles. The maximum Gasteiger partial charge on any atom is 0.446 e. The van der Waals surface area contributed by atoms with E-state index in [9.17, 15) is 27.9 Å². The molecule has 2 fully saturated rings. The molecule has 1 aromatic rings. The lowest BCUT2D eigenvalue weighted by molar-refractivity contribution is -0.146. The van der Waals surface area contributed by atoms with Crippen molar-refractivity contribution in [1.29, 1.82) is 0 Å². The Morgan fingerprint density at radius 2 is 1.65 bits per heavy atom. The van der Waals surface area contributed by atoms with E-state index in [1.165, 1.54) is 24.3 Å². The number of alkyl halides is 3. The van der Waals surface area contributed by atoms with Gasteiger partial charge < -0.3 is 10.4 Å². The van der Waals surface area contributed by atoms with E-state index in [4.69, 9.17) is 0 Å². The highest BCUT2D eigenvalue weighted by molar-refractivity contribution is 8.00. The quantitative estimate of drug-likeness (QED) is 0.606. The van der Waals surface area contributed by atoms with Crippen molar-refractivity contribution in [2.75, 3.05) is 5.32 Å². The molecule has 26 heavy (non-hydrogen) atoms. The van der Waals surface area contributed by atoms with Crippen LogP contribution in [0.15, 0.2) is 41.3 Å². The predicted molar refractivity (Wildman–Crippen MR) is 89.4 cm³/mol. The van der Waals surface area contributed by atoms with Gasteiger partial charge in [0.25, 0.3) is 0 Å². The molecule has 0 heterocycles. The number of nitrogens with one attached hydrogen (secondary N) is 1. The Morgan fingerprint density at radius 1 is 1.08 bits per heavy atom. The van der Waals surface area contributed by atoms with Crippen molar-refractivity contribution in [2.24, 2.45) is 29.1 Å². The molecular weight excluding hydrogens is 367 g/mol. The Morgan fingerprint density at radius 3 is 2.15 bits per heavy atom. The molecule has 2 N–H and O–H groups in total. The molecular formula is C18H16F3NO3S.